The first kappa shape index (κ1) is 23.7. The van der Waals surface area contributed by atoms with Crippen molar-refractivity contribution < 1.29 is 19.4 Å². The number of ketones is 1. The number of methoxy groups -OCH3 is 1. The van der Waals surface area contributed by atoms with Crippen molar-refractivity contribution in [1.82, 2.24) is 0 Å². The molecule has 0 spiro atoms. The summed E-state index contributed by atoms with van der Waals surface area (Å²) >= 11 is 0. The Labute approximate surface area is 187 Å². The molecular formula is C27H38O4. The van der Waals surface area contributed by atoms with Gasteiger partial charge in [0.2, 0.25) is 0 Å². The van der Waals surface area contributed by atoms with Gasteiger partial charge < -0.3 is 9.84 Å². The van der Waals surface area contributed by atoms with Crippen LogP contribution in [0.1, 0.15) is 101 Å². The van der Waals surface area contributed by atoms with Crippen LogP contribution in [0.2, 0.25) is 0 Å². The van der Waals surface area contributed by atoms with E-state index in [1.165, 1.54) is 19.1 Å². The number of Topliss-reactive ketones (excluding diaryl/α,β-unsaturated/α-hetero) is 1. The Morgan fingerprint density at radius 1 is 1.26 bits per heavy atom. The summed E-state index contributed by atoms with van der Waals surface area (Å²) in [5.74, 6) is 0.466. The number of benzene rings is 1. The number of allylic oxidation sites excluding steroid dienone is 2. The summed E-state index contributed by atoms with van der Waals surface area (Å²) in [6.45, 7) is 2.20. The number of hydrogen-bond acceptors (Lipinski definition) is 4. The molecule has 1 unspecified atom stereocenters. The molecule has 2 saturated carbocycles. The molecule has 0 saturated heterocycles. The summed E-state index contributed by atoms with van der Waals surface area (Å²) < 4.78 is 4.66. The van der Waals surface area contributed by atoms with Crippen LogP contribution in [0.15, 0.2) is 36.4 Å². The van der Waals surface area contributed by atoms with E-state index in [1.807, 2.05) is 0 Å². The third-order valence-corrected chi connectivity index (χ3v) is 7.49. The molecule has 3 rings (SSSR count). The maximum Gasteiger partial charge on any atom is 0.305 e. The van der Waals surface area contributed by atoms with Crippen LogP contribution < -0.4 is 0 Å². The maximum absolute atomic E-state index is 12.5. The molecule has 2 aliphatic rings. The molecule has 4 nitrogen and oxygen atoms in total. The third kappa shape index (κ3) is 5.65. The zero-order valence-electron chi connectivity index (χ0n) is 19.1. The first-order chi connectivity index (χ1) is 15.0. The maximum atomic E-state index is 12.5. The molecular weight excluding hydrogens is 388 g/mol. The van der Waals surface area contributed by atoms with Crippen LogP contribution in [0.5, 0.6) is 0 Å². The summed E-state index contributed by atoms with van der Waals surface area (Å²) in [4.78, 5) is 23.7. The Hall–Kier alpha value is -1.94. The molecule has 0 amide bonds. The van der Waals surface area contributed by atoms with Gasteiger partial charge in [0.05, 0.1) is 13.2 Å². The van der Waals surface area contributed by atoms with E-state index < -0.39 is 0 Å². The number of carbonyl (C=O) groups is 2. The number of ether oxygens (including phenoxy) is 1. The second-order valence-electron chi connectivity index (χ2n) is 9.43. The van der Waals surface area contributed by atoms with Crippen LogP contribution in [0.3, 0.4) is 0 Å². The lowest BCUT2D eigenvalue weighted by atomic mass is 9.61. The Morgan fingerprint density at radius 3 is 2.61 bits per heavy atom. The fourth-order valence-corrected chi connectivity index (χ4v) is 5.50. The molecule has 0 aromatic heterocycles. The average molecular weight is 427 g/mol. The average Bonchev–Trinajstić information content (AvgIpc) is 3.12. The van der Waals surface area contributed by atoms with E-state index in [9.17, 15) is 14.7 Å². The number of hydrogen-bond donors (Lipinski definition) is 1. The molecule has 3 atom stereocenters. The summed E-state index contributed by atoms with van der Waals surface area (Å²) in [5.41, 5.74) is 2.30. The second kappa shape index (κ2) is 11.1. The highest BCUT2D eigenvalue weighted by molar-refractivity contribution is 5.84. The van der Waals surface area contributed by atoms with Crippen molar-refractivity contribution in [1.29, 1.82) is 0 Å². The molecule has 1 N–H and O–H groups in total. The quantitative estimate of drug-likeness (QED) is 0.266. The number of aliphatic hydroxyl groups excluding tert-OH is 1. The highest BCUT2D eigenvalue weighted by Gasteiger charge is 2.43. The Kier molecular flexibility index (Phi) is 8.48. The second-order valence-corrected chi connectivity index (χ2v) is 9.43. The normalized spacial score (nSPS) is 23.6. The number of esters is 1. The highest BCUT2D eigenvalue weighted by Crippen LogP contribution is 2.53. The van der Waals surface area contributed by atoms with Crippen molar-refractivity contribution >= 4 is 11.8 Å². The van der Waals surface area contributed by atoms with E-state index in [2.05, 4.69) is 48.1 Å². The minimum atomic E-state index is -0.385. The lowest BCUT2D eigenvalue weighted by Gasteiger charge is -2.46. The van der Waals surface area contributed by atoms with Crippen molar-refractivity contribution in [3.63, 3.8) is 0 Å². The van der Waals surface area contributed by atoms with Gasteiger partial charge in [-0.3, -0.25) is 9.59 Å². The third-order valence-electron chi connectivity index (χ3n) is 7.49. The van der Waals surface area contributed by atoms with Gasteiger partial charge in [-0.25, -0.2) is 0 Å². The molecule has 4 heteroatoms. The van der Waals surface area contributed by atoms with Gasteiger partial charge in [0, 0.05) is 24.2 Å². The summed E-state index contributed by atoms with van der Waals surface area (Å²) in [6.07, 6.45) is 13.8. The fraction of sp³-hybridized carbons (Fsp3) is 0.630. The van der Waals surface area contributed by atoms with Gasteiger partial charge >= 0.3 is 5.97 Å². The zero-order valence-corrected chi connectivity index (χ0v) is 19.1. The van der Waals surface area contributed by atoms with Gasteiger partial charge in [0.1, 0.15) is 5.78 Å². The van der Waals surface area contributed by atoms with E-state index in [4.69, 9.17) is 0 Å². The Balaban J connectivity index is 1.58. The molecule has 31 heavy (non-hydrogen) atoms. The topological polar surface area (TPSA) is 63.6 Å². The standard InChI is InChI=1S/C27H38O4/c1-3-17-27(18-8-19-27)26(30)21-13-11-20(12-14-21)22-15-16-24(28)23(22)9-6-4-5-7-10-25(29)31-2/h4,6,11-14,22-23,26,30H,3,5,7-10,15-19H2,1-2H3/t22-,23-,26?/m1/s1. The summed E-state index contributed by atoms with van der Waals surface area (Å²) in [7, 11) is 1.41. The minimum Gasteiger partial charge on any atom is -0.469 e. The van der Waals surface area contributed by atoms with Gasteiger partial charge in [-0.2, -0.15) is 0 Å². The molecule has 0 bridgehead atoms. The Bertz CT molecular complexity index is 760. The number of aliphatic hydroxyl groups is 1. The molecule has 1 aromatic carbocycles. The number of carbonyl (C=O) groups excluding carboxylic acids is 2. The molecule has 2 aliphatic carbocycles. The first-order valence-corrected chi connectivity index (χ1v) is 12.0. The molecule has 0 radical (unpaired) electrons. The van der Waals surface area contributed by atoms with Gasteiger partial charge in [-0.1, -0.05) is 56.2 Å². The molecule has 170 valence electrons. The van der Waals surface area contributed by atoms with E-state index in [0.717, 1.165) is 56.9 Å². The molecule has 0 aliphatic heterocycles. The lowest BCUT2D eigenvalue weighted by Crippen LogP contribution is -2.36. The highest BCUT2D eigenvalue weighted by atomic mass is 16.5. The monoisotopic (exact) mass is 426 g/mol. The van der Waals surface area contributed by atoms with Crippen LogP contribution in [0, 0.1) is 11.3 Å². The van der Waals surface area contributed by atoms with Gasteiger partial charge in [-0.05, 0) is 62.0 Å². The minimum absolute atomic E-state index is 0.0331. The molecule has 2 fully saturated rings. The van der Waals surface area contributed by atoms with E-state index in [-0.39, 0.29) is 29.3 Å². The first-order valence-electron chi connectivity index (χ1n) is 12.0. The number of unbranched alkanes of at least 4 members (excludes halogenated alkanes) is 1. The van der Waals surface area contributed by atoms with Crippen molar-refractivity contribution in [3.05, 3.63) is 47.5 Å². The van der Waals surface area contributed by atoms with Gasteiger partial charge in [-0.15, -0.1) is 0 Å². The zero-order chi connectivity index (χ0) is 22.3. The summed E-state index contributed by atoms with van der Waals surface area (Å²) in [6, 6.07) is 8.43. The summed E-state index contributed by atoms with van der Waals surface area (Å²) in [5, 5.41) is 11.0. The predicted octanol–water partition coefficient (Wildman–Crippen LogP) is 6.04. The molecule has 0 heterocycles. The van der Waals surface area contributed by atoms with Crippen molar-refractivity contribution in [2.24, 2.45) is 11.3 Å². The van der Waals surface area contributed by atoms with Gasteiger partial charge in [0.15, 0.2) is 0 Å². The van der Waals surface area contributed by atoms with Crippen molar-refractivity contribution in [2.45, 2.75) is 89.6 Å². The van der Waals surface area contributed by atoms with Crippen LogP contribution in [-0.4, -0.2) is 24.0 Å². The SMILES string of the molecule is CCCC1(C(O)c2ccc([C@H]3CCC(=O)[C@@H]3CC=CCCCC(=O)OC)cc2)CCC1. The van der Waals surface area contributed by atoms with E-state index in [0.29, 0.717) is 18.6 Å². The number of rotatable bonds is 11. The predicted molar refractivity (Wildman–Crippen MR) is 123 cm³/mol. The van der Waals surface area contributed by atoms with E-state index >= 15 is 0 Å². The molecule has 1 aromatic rings. The van der Waals surface area contributed by atoms with Crippen molar-refractivity contribution in [3.8, 4) is 0 Å². The van der Waals surface area contributed by atoms with Crippen LogP contribution in [0.4, 0.5) is 0 Å². The van der Waals surface area contributed by atoms with Crippen LogP contribution in [0.25, 0.3) is 0 Å². The smallest absolute Gasteiger partial charge is 0.305 e. The van der Waals surface area contributed by atoms with Crippen molar-refractivity contribution in [2.75, 3.05) is 7.11 Å². The Morgan fingerprint density at radius 2 is 2.00 bits per heavy atom. The van der Waals surface area contributed by atoms with E-state index in [1.54, 1.807) is 0 Å². The largest absolute Gasteiger partial charge is 0.469 e. The van der Waals surface area contributed by atoms with Gasteiger partial charge in [0.25, 0.3) is 0 Å². The fourth-order valence-electron chi connectivity index (χ4n) is 5.50. The van der Waals surface area contributed by atoms with Crippen LogP contribution in [-0.2, 0) is 14.3 Å². The lowest BCUT2D eigenvalue weighted by molar-refractivity contribution is -0.140. The van der Waals surface area contributed by atoms with Crippen LogP contribution >= 0.6 is 0 Å².